The van der Waals surface area contributed by atoms with Gasteiger partial charge < -0.3 is 9.67 Å². The monoisotopic (exact) mass is 346 g/mol. The van der Waals surface area contributed by atoms with Crippen LogP contribution in [0.2, 0.25) is 10.0 Å². The summed E-state index contributed by atoms with van der Waals surface area (Å²) < 4.78 is 1.86. The summed E-state index contributed by atoms with van der Waals surface area (Å²) in [5.74, 6) is 0. The molecule has 2 aromatic carbocycles. The smallest absolute Gasteiger partial charge is 0.112 e. The quantitative estimate of drug-likeness (QED) is 0.746. The normalized spacial score (nSPS) is 13.7. The van der Waals surface area contributed by atoms with E-state index in [1.807, 2.05) is 47.2 Å². The summed E-state index contributed by atoms with van der Waals surface area (Å²) >= 11 is 12.3. The number of halogens is 2. The molecule has 0 aliphatic heterocycles. The number of hydrogen-bond acceptors (Lipinski definition) is 2. The minimum Gasteiger partial charge on any atom is -0.383 e. The summed E-state index contributed by atoms with van der Waals surface area (Å²) in [6.45, 7) is 0.385. The molecule has 1 N–H and O–H groups in total. The molecule has 23 heavy (non-hydrogen) atoms. The van der Waals surface area contributed by atoms with Crippen molar-refractivity contribution in [2.45, 2.75) is 18.6 Å². The van der Waals surface area contributed by atoms with Crippen molar-refractivity contribution in [3.63, 3.8) is 0 Å². The third-order valence-electron chi connectivity index (χ3n) is 3.81. The van der Waals surface area contributed by atoms with Crippen LogP contribution in [-0.2, 0) is 18.6 Å². The highest BCUT2D eigenvalue weighted by Gasteiger charge is 2.31. The first-order valence-electron chi connectivity index (χ1n) is 7.24. The largest absolute Gasteiger partial charge is 0.383 e. The number of aromatic nitrogens is 2. The second-order valence-corrected chi connectivity index (χ2v) is 6.39. The van der Waals surface area contributed by atoms with Gasteiger partial charge in [-0.1, -0.05) is 59.6 Å². The van der Waals surface area contributed by atoms with Crippen molar-refractivity contribution in [2.75, 3.05) is 0 Å². The molecule has 0 aliphatic carbocycles. The second-order valence-electron chi connectivity index (χ2n) is 5.55. The van der Waals surface area contributed by atoms with Crippen LogP contribution in [0.3, 0.4) is 0 Å². The molecule has 1 atom stereocenters. The highest BCUT2D eigenvalue weighted by Crippen LogP contribution is 2.31. The summed E-state index contributed by atoms with van der Waals surface area (Å²) in [4.78, 5) is 4.04. The van der Waals surface area contributed by atoms with Crippen LogP contribution in [0.15, 0.2) is 67.3 Å². The van der Waals surface area contributed by atoms with Gasteiger partial charge in [-0.3, -0.25) is 0 Å². The minimum atomic E-state index is -1.10. The Labute approximate surface area is 145 Å². The lowest BCUT2D eigenvalue weighted by Gasteiger charge is -2.30. The zero-order valence-electron chi connectivity index (χ0n) is 12.4. The van der Waals surface area contributed by atoms with Crippen molar-refractivity contribution in [1.82, 2.24) is 9.55 Å². The van der Waals surface area contributed by atoms with Crippen LogP contribution in [0.5, 0.6) is 0 Å². The molecule has 0 spiro atoms. The summed E-state index contributed by atoms with van der Waals surface area (Å²) in [7, 11) is 0. The number of rotatable bonds is 5. The Kier molecular flexibility index (Phi) is 4.71. The Balaban J connectivity index is 1.98. The molecule has 3 rings (SSSR count). The van der Waals surface area contributed by atoms with Gasteiger partial charge in [-0.05, 0) is 23.3 Å². The van der Waals surface area contributed by atoms with Crippen molar-refractivity contribution in [3.8, 4) is 0 Å². The fourth-order valence-electron chi connectivity index (χ4n) is 2.66. The predicted octanol–water partition coefficient (Wildman–Crippen LogP) is 4.32. The van der Waals surface area contributed by atoms with Crippen molar-refractivity contribution < 1.29 is 5.11 Å². The number of benzene rings is 2. The second kappa shape index (κ2) is 6.75. The number of nitrogens with zero attached hydrogens (tertiary/aromatic N) is 2. The summed E-state index contributed by atoms with van der Waals surface area (Å²) in [6, 6.07) is 14.9. The van der Waals surface area contributed by atoms with Crippen LogP contribution >= 0.6 is 23.2 Å². The maximum absolute atomic E-state index is 11.4. The fraction of sp³-hybridized carbons (Fsp3) is 0.167. The molecule has 5 heteroatoms. The summed E-state index contributed by atoms with van der Waals surface area (Å²) in [5.41, 5.74) is 0.585. The van der Waals surface area contributed by atoms with Gasteiger partial charge in [-0.15, -0.1) is 0 Å². The number of hydrogen-bond donors (Lipinski definition) is 1. The Morgan fingerprint density at radius 3 is 2.52 bits per heavy atom. The lowest BCUT2D eigenvalue weighted by atomic mass is 9.87. The van der Waals surface area contributed by atoms with Crippen molar-refractivity contribution in [3.05, 3.63) is 88.4 Å². The fourth-order valence-corrected chi connectivity index (χ4v) is 3.14. The molecular weight excluding hydrogens is 331 g/mol. The zero-order chi connectivity index (χ0) is 16.3. The van der Waals surface area contributed by atoms with Crippen LogP contribution in [0, 0.1) is 0 Å². The van der Waals surface area contributed by atoms with Gasteiger partial charge in [-0.25, -0.2) is 4.98 Å². The van der Waals surface area contributed by atoms with E-state index in [0.29, 0.717) is 23.0 Å². The summed E-state index contributed by atoms with van der Waals surface area (Å²) in [6.07, 6.45) is 5.60. The first kappa shape index (κ1) is 16.1. The van der Waals surface area contributed by atoms with Gasteiger partial charge in [0.2, 0.25) is 0 Å². The first-order valence-corrected chi connectivity index (χ1v) is 8.00. The lowest BCUT2D eigenvalue weighted by Crippen LogP contribution is -2.33. The van der Waals surface area contributed by atoms with Crippen LogP contribution in [0.4, 0.5) is 0 Å². The third kappa shape index (κ3) is 3.75. The average molecular weight is 347 g/mol. The molecule has 0 radical (unpaired) electrons. The molecule has 0 bridgehead atoms. The van der Waals surface area contributed by atoms with E-state index in [4.69, 9.17) is 23.2 Å². The van der Waals surface area contributed by atoms with Crippen LogP contribution in [-0.4, -0.2) is 14.7 Å². The average Bonchev–Trinajstić information content (AvgIpc) is 3.04. The van der Waals surface area contributed by atoms with Crippen LogP contribution < -0.4 is 0 Å². The van der Waals surface area contributed by atoms with E-state index in [-0.39, 0.29) is 0 Å². The van der Waals surface area contributed by atoms with E-state index in [1.54, 1.807) is 24.7 Å². The van der Waals surface area contributed by atoms with Crippen molar-refractivity contribution in [2.24, 2.45) is 0 Å². The molecule has 118 valence electrons. The molecule has 0 saturated heterocycles. The van der Waals surface area contributed by atoms with Gasteiger partial charge in [-0.2, -0.15) is 0 Å². The van der Waals surface area contributed by atoms with Gasteiger partial charge in [0.05, 0.1) is 12.9 Å². The zero-order valence-corrected chi connectivity index (χ0v) is 13.9. The Morgan fingerprint density at radius 2 is 1.87 bits per heavy atom. The molecule has 0 fully saturated rings. The van der Waals surface area contributed by atoms with Gasteiger partial charge in [0.25, 0.3) is 0 Å². The Hall–Kier alpha value is -1.81. The number of aliphatic hydroxyl groups is 1. The van der Waals surface area contributed by atoms with Gasteiger partial charge in [0, 0.05) is 28.9 Å². The topological polar surface area (TPSA) is 38.0 Å². The molecule has 1 heterocycles. The molecule has 0 aliphatic rings. The predicted molar refractivity (Wildman–Crippen MR) is 92.7 cm³/mol. The lowest BCUT2D eigenvalue weighted by molar-refractivity contribution is 0.0185. The molecular formula is C18H16Cl2N2O. The van der Waals surface area contributed by atoms with Gasteiger partial charge in [0.15, 0.2) is 0 Å². The molecule has 1 aromatic heterocycles. The SMILES string of the molecule is OC(Cc1ccc(Cl)cc1Cl)(Cn1ccnc1)c1ccccc1. The van der Waals surface area contributed by atoms with Gasteiger partial charge in [0.1, 0.15) is 5.60 Å². The van der Waals surface area contributed by atoms with Crippen molar-refractivity contribution in [1.29, 1.82) is 0 Å². The van der Waals surface area contributed by atoms with E-state index in [2.05, 4.69) is 4.98 Å². The molecule has 3 aromatic rings. The van der Waals surface area contributed by atoms with E-state index in [0.717, 1.165) is 11.1 Å². The molecule has 0 amide bonds. The maximum Gasteiger partial charge on any atom is 0.112 e. The Morgan fingerprint density at radius 1 is 1.09 bits per heavy atom. The molecule has 0 saturated carbocycles. The maximum atomic E-state index is 11.4. The minimum absolute atomic E-state index is 0.380. The Bertz CT molecular complexity index is 775. The first-order chi connectivity index (χ1) is 11.1. The molecule has 3 nitrogen and oxygen atoms in total. The van der Waals surface area contributed by atoms with Gasteiger partial charge >= 0.3 is 0 Å². The van der Waals surface area contributed by atoms with E-state index in [1.165, 1.54) is 0 Å². The van der Waals surface area contributed by atoms with Crippen LogP contribution in [0.25, 0.3) is 0 Å². The third-order valence-corrected chi connectivity index (χ3v) is 4.40. The van der Waals surface area contributed by atoms with Crippen molar-refractivity contribution >= 4 is 23.2 Å². The van der Waals surface area contributed by atoms with E-state index in [9.17, 15) is 5.11 Å². The highest BCUT2D eigenvalue weighted by molar-refractivity contribution is 6.35. The van der Waals surface area contributed by atoms with E-state index >= 15 is 0 Å². The summed E-state index contributed by atoms with van der Waals surface area (Å²) in [5, 5.41) is 12.5. The molecule has 1 unspecified atom stereocenters. The standard InChI is InChI=1S/C18H16Cl2N2O/c19-16-7-6-14(17(20)10-16)11-18(23,12-22-9-8-21-13-22)15-4-2-1-3-5-15/h1-10,13,23H,11-12H2. The highest BCUT2D eigenvalue weighted by atomic mass is 35.5. The van der Waals surface area contributed by atoms with Crippen LogP contribution in [0.1, 0.15) is 11.1 Å². The van der Waals surface area contributed by atoms with E-state index < -0.39 is 5.60 Å². The number of imidazole rings is 1.